The second kappa shape index (κ2) is 17.9. The van der Waals surface area contributed by atoms with Gasteiger partial charge in [-0.1, -0.05) is 78.9 Å². The van der Waals surface area contributed by atoms with E-state index in [9.17, 15) is 19.2 Å². The Morgan fingerprint density at radius 3 is 2.13 bits per heavy atom. The number of amides is 4. The first-order valence-corrected chi connectivity index (χ1v) is 18.6. The van der Waals surface area contributed by atoms with E-state index in [-0.39, 0.29) is 30.2 Å². The number of ether oxygens (including phenoxy) is 1. The van der Waals surface area contributed by atoms with Crippen LogP contribution < -0.4 is 5.32 Å². The van der Waals surface area contributed by atoms with Gasteiger partial charge in [-0.3, -0.25) is 14.4 Å². The van der Waals surface area contributed by atoms with Gasteiger partial charge in [0.25, 0.3) is 0 Å². The van der Waals surface area contributed by atoms with Gasteiger partial charge in [0, 0.05) is 51.6 Å². The maximum atomic E-state index is 14.8. The number of fused-ring (bicyclic) bond motifs is 1. The maximum absolute atomic E-state index is 14.8. The summed E-state index contributed by atoms with van der Waals surface area (Å²) in [4.78, 5) is 62.6. The molecule has 0 spiro atoms. The first kappa shape index (κ1) is 41.1. The minimum absolute atomic E-state index is 0.0659. The Balaban J connectivity index is 1.63. The van der Waals surface area contributed by atoms with Crippen LogP contribution in [-0.2, 0) is 32.0 Å². The van der Waals surface area contributed by atoms with Crippen molar-refractivity contribution in [1.29, 1.82) is 0 Å². The number of carbonyl (C=O) groups is 4. The summed E-state index contributed by atoms with van der Waals surface area (Å²) in [5.41, 5.74) is 0.526. The highest BCUT2D eigenvalue weighted by atomic mass is 16.6. The summed E-state index contributed by atoms with van der Waals surface area (Å²) >= 11 is 0. The zero-order valence-electron chi connectivity index (χ0n) is 33.1. The van der Waals surface area contributed by atoms with Gasteiger partial charge in [0.15, 0.2) is 0 Å². The lowest BCUT2D eigenvalue weighted by Crippen LogP contribution is -2.57. The van der Waals surface area contributed by atoms with Gasteiger partial charge in [-0.05, 0) is 96.0 Å². The number of likely N-dealkylation sites (N-methyl/N-ethyl adjacent to an activating group) is 3. The van der Waals surface area contributed by atoms with Crippen molar-refractivity contribution in [3.63, 3.8) is 0 Å². The van der Waals surface area contributed by atoms with Crippen molar-refractivity contribution in [3.05, 3.63) is 96.1 Å². The van der Waals surface area contributed by atoms with Crippen molar-refractivity contribution >= 4 is 34.6 Å². The van der Waals surface area contributed by atoms with E-state index in [1.807, 2.05) is 99.6 Å². The highest BCUT2D eigenvalue weighted by Crippen LogP contribution is 2.24. The van der Waals surface area contributed by atoms with Gasteiger partial charge in [0.05, 0.1) is 0 Å². The van der Waals surface area contributed by atoms with Crippen LogP contribution in [0.25, 0.3) is 10.8 Å². The van der Waals surface area contributed by atoms with Gasteiger partial charge in [-0.25, -0.2) is 4.79 Å². The molecule has 1 heterocycles. The molecule has 10 heteroatoms. The Bertz CT molecular complexity index is 1750. The molecule has 0 aromatic heterocycles. The lowest BCUT2D eigenvalue weighted by Gasteiger charge is -2.37. The summed E-state index contributed by atoms with van der Waals surface area (Å²) in [6.07, 6.45) is 5.41. The predicted octanol–water partition coefficient (Wildman–Crippen LogP) is 6.08. The monoisotopic (exact) mass is 725 g/mol. The van der Waals surface area contributed by atoms with Crippen molar-refractivity contribution in [1.82, 2.24) is 24.9 Å². The van der Waals surface area contributed by atoms with E-state index in [0.717, 1.165) is 41.3 Å². The number of likely N-dealkylation sites (tertiary alicyclic amines) is 1. The smallest absolute Gasteiger partial charge is 0.408 e. The fraction of sp³-hybridized carbons (Fsp3) is 0.488. The quantitative estimate of drug-likeness (QED) is 0.202. The van der Waals surface area contributed by atoms with Crippen LogP contribution in [0.4, 0.5) is 4.79 Å². The second-order valence-electron chi connectivity index (χ2n) is 16.2. The van der Waals surface area contributed by atoms with Crippen molar-refractivity contribution < 1.29 is 23.9 Å². The molecule has 0 radical (unpaired) electrons. The lowest BCUT2D eigenvalue weighted by molar-refractivity contribution is -0.149. The standard InChI is InChI=1S/C43H59N5O5/c1-42(2,3)53-41(52)44-43(4,5)25-15-22-38(49)46(8)36(29-32-23-24-33-19-13-14-20-34(33)27-32)39(50)47(9)37(28-31-17-11-10-12-18-31)40(51)48-26-16-21-35(48)30-45(6)7/h10-15,17-20,22-24,27,35-37H,16,21,25-26,28-30H2,1-9H3,(H,44,52)/b22-15+/t35-,36+,37+/m0/s1. The van der Waals surface area contributed by atoms with Crippen molar-refractivity contribution in [2.75, 3.05) is 41.3 Å². The number of rotatable bonds is 14. The minimum Gasteiger partial charge on any atom is -0.444 e. The minimum atomic E-state index is -0.895. The van der Waals surface area contributed by atoms with Gasteiger partial charge < -0.3 is 29.7 Å². The molecule has 3 atom stereocenters. The maximum Gasteiger partial charge on any atom is 0.408 e. The highest BCUT2D eigenvalue weighted by molar-refractivity contribution is 5.95. The van der Waals surface area contributed by atoms with E-state index in [1.165, 1.54) is 11.0 Å². The van der Waals surface area contributed by atoms with E-state index >= 15 is 0 Å². The third kappa shape index (κ3) is 11.9. The molecule has 4 rings (SSSR count). The molecule has 3 aromatic rings. The number of nitrogens with zero attached hydrogens (tertiary/aromatic N) is 4. The SMILES string of the molecule is CN(C)C[C@@H]1CCCN1C(=O)[C@@H](Cc1ccccc1)N(C)C(=O)[C@@H](Cc1ccc2ccccc2c1)N(C)C(=O)/C=C/CC(C)(C)NC(=O)OC(C)(C)C. The largest absolute Gasteiger partial charge is 0.444 e. The Morgan fingerprint density at radius 1 is 0.830 bits per heavy atom. The van der Waals surface area contributed by atoms with E-state index in [4.69, 9.17) is 4.74 Å². The molecule has 4 amide bonds. The molecule has 0 bridgehead atoms. The molecule has 1 aliphatic heterocycles. The fourth-order valence-electron chi connectivity index (χ4n) is 6.88. The van der Waals surface area contributed by atoms with E-state index in [2.05, 4.69) is 16.3 Å². The topological polar surface area (TPSA) is 103 Å². The molecule has 1 N–H and O–H groups in total. The fourth-order valence-corrected chi connectivity index (χ4v) is 6.88. The first-order chi connectivity index (χ1) is 24.9. The summed E-state index contributed by atoms with van der Waals surface area (Å²) in [6.45, 7) is 10.5. The highest BCUT2D eigenvalue weighted by Gasteiger charge is 2.39. The van der Waals surface area contributed by atoms with Gasteiger partial charge in [0.1, 0.15) is 17.7 Å². The molecule has 286 valence electrons. The normalized spacial score (nSPS) is 16.1. The molecule has 1 aliphatic rings. The Hall–Kier alpha value is -4.70. The second-order valence-corrected chi connectivity index (χ2v) is 16.2. The van der Waals surface area contributed by atoms with Gasteiger partial charge in [-0.15, -0.1) is 0 Å². The zero-order valence-corrected chi connectivity index (χ0v) is 33.1. The molecule has 1 saturated heterocycles. The van der Waals surface area contributed by atoms with E-state index in [0.29, 0.717) is 19.4 Å². The summed E-state index contributed by atoms with van der Waals surface area (Å²) in [5, 5.41) is 4.98. The van der Waals surface area contributed by atoms with Crippen LogP contribution in [0.3, 0.4) is 0 Å². The van der Waals surface area contributed by atoms with Crippen molar-refractivity contribution in [3.8, 4) is 0 Å². The number of carbonyl (C=O) groups excluding carboxylic acids is 4. The predicted molar refractivity (Wildman–Crippen MR) is 211 cm³/mol. The Morgan fingerprint density at radius 2 is 1.47 bits per heavy atom. The van der Waals surface area contributed by atoms with E-state index < -0.39 is 29.3 Å². The summed E-state index contributed by atoms with van der Waals surface area (Å²) in [7, 11) is 7.34. The van der Waals surface area contributed by atoms with Crippen LogP contribution in [0.15, 0.2) is 84.9 Å². The van der Waals surface area contributed by atoms with Gasteiger partial charge >= 0.3 is 6.09 Å². The number of nitrogens with one attached hydrogen (secondary N) is 1. The molecule has 53 heavy (non-hydrogen) atoms. The molecule has 0 saturated carbocycles. The average Bonchev–Trinajstić information content (AvgIpc) is 3.54. The summed E-state index contributed by atoms with van der Waals surface area (Å²) < 4.78 is 5.41. The van der Waals surface area contributed by atoms with Crippen LogP contribution in [-0.4, -0.2) is 114 Å². The van der Waals surface area contributed by atoms with E-state index in [1.54, 1.807) is 45.8 Å². The number of benzene rings is 3. The molecule has 3 aromatic carbocycles. The Kier molecular flexibility index (Phi) is 13.9. The van der Waals surface area contributed by atoms with Crippen LogP contribution in [0, 0.1) is 0 Å². The molecule has 1 fully saturated rings. The van der Waals surface area contributed by atoms with Crippen molar-refractivity contribution in [2.24, 2.45) is 0 Å². The summed E-state index contributed by atoms with van der Waals surface area (Å²) in [6, 6.07) is 22.3. The Labute approximate surface area is 316 Å². The third-order valence-corrected chi connectivity index (χ3v) is 9.68. The van der Waals surface area contributed by atoms with Crippen LogP contribution >= 0.6 is 0 Å². The van der Waals surface area contributed by atoms with Crippen LogP contribution in [0.2, 0.25) is 0 Å². The molecular formula is C43H59N5O5. The molecule has 10 nitrogen and oxygen atoms in total. The zero-order chi connectivity index (χ0) is 38.9. The molecule has 0 unspecified atom stereocenters. The average molecular weight is 726 g/mol. The molecule has 0 aliphatic carbocycles. The van der Waals surface area contributed by atoms with Crippen LogP contribution in [0.1, 0.15) is 65.0 Å². The van der Waals surface area contributed by atoms with Gasteiger partial charge in [0.2, 0.25) is 17.7 Å². The number of hydrogen-bond donors (Lipinski definition) is 1. The van der Waals surface area contributed by atoms with Crippen LogP contribution in [0.5, 0.6) is 0 Å². The first-order valence-electron chi connectivity index (χ1n) is 18.6. The lowest BCUT2D eigenvalue weighted by atomic mass is 9.98. The summed E-state index contributed by atoms with van der Waals surface area (Å²) in [5.74, 6) is -0.749. The van der Waals surface area contributed by atoms with Gasteiger partial charge in [-0.2, -0.15) is 0 Å². The number of hydrogen-bond acceptors (Lipinski definition) is 6. The van der Waals surface area contributed by atoms with Crippen molar-refractivity contribution in [2.45, 2.75) is 96.0 Å². The third-order valence-electron chi connectivity index (χ3n) is 9.68. The number of alkyl carbamates (subject to hydrolysis) is 1. The molecular weight excluding hydrogens is 667 g/mol.